The van der Waals surface area contributed by atoms with Crippen molar-refractivity contribution in [2.75, 3.05) is 10.6 Å². The van der Waals surface area contributed by atoms with E-state index < -0.39 is 5.97 Å². The number of hydrogen-bond acceptors (Lipinski definition) is 5. The molecule has 0 bridgehead atoms. The third-order valence-corrected chi connectivity index (χ3v) is 4.07. The number of benzene rings is 2. The van der Waals surface area contributed by atoms with Crippen LogP contribution in [-0.4, -0.2) is 21.0 Å². The largest absolute Gasteiger partial charge is 0.478 e. The fourth-order valence-electron chi connectivity index (χ4n) is 2.67. The van der Waals surface area contributed by atoms with Crippen LogP contribution in [0.5, 0.6) is 0 Å². The number of aromatic carboxylic acids is 1. The van der Waals surface area contributed by atoms with Gasteiger partial charge in [-0.1, -0.05) is 32.0 Å². The predicted molar refractivity (Wildman–Crippen MR) is 107 cm³/mol. The molecule has 3 rings (SSSR count). The maximum atomic E-state index is 11.1. The van der Waals surface area contributed by atoms with Crippen LogP contribution < -0.4 is 10.6 Å². The van der Waals surface area contributed by atoms with Gasteiger partial charge < -0.3 is 15.7 Å². The normalized spacial score (nSPS) is 10.7. The molecule has 0 aliphatic heterocycles. The van der Waals surface area contributed by atoms with Crippen molar-refractivity contribution >= 4 is 29.0 Å². The molecule has 1 heterocycles. The summed E-state index contributed by atoms with van der Waals surface area (Å²) in [5.74, 6) is 1.38. The minimum Gasteiger partial charge on any atom is -0.478 e. The standard InChI is InChI=1S/C21H22N4O2/c1-13(2)15-7-9-17(10-8-15)24-19-12-20(23-14(3)22-19)25-18-6-4-5-16(11-18)21(26)27/h4-13H,1-3H3,(H,26,27)(H2,22,23,24,25). The Bertz CT molecular complexity index is 953. The van der Waals surface area contributed by atoms with Crippen molar-refractivity contribution in [3.63, 3.8) is 0 Å². The zero-order valence-electron chi connectivity index (χ0n) is 15.5. The molecule has 0 atom stereocenters. The molecule has 2 aromatic carbocycles. The number of carboxylic acids is 1. The summed E-state index contributed by atoms with van der Waals surface area (Å²) in [6.07, 6.45) is 0. The van der Waals surface area contributed by atoms with E-state index >= 15 is 0 Å². The van der Waals surface area contributed by atoms with Gasteiger partial charge in [0.1, 0.15) is 17.5 Å². The summed E-state index contributed by atoms with van der Waals surface area (Å²) in [4.78, 5) is 19.9. The van der Waals surface area contributed by atoms with E-state index in [1.54, 1.807) is 30.3 Å². The van der Waals surface area contributed by atoms with Crippen molar-refractivity contribution in [2.45, 2.75) is 26.7 Å². The Morgan fingerprint density at radius 1 is 0.926 bits per heavy atom. The Labute approximate surface area is 158 Å². The molecule has 6 heteroatoms. The van der Waals surface area contributed by atoms with Gasteiger partial charge in [-0.2, -0.15) is 0 Å². The molecule has 0 aliphatic carbocycles. The first-order chi connectivity index (χ1) is 12.9. The first kappa shape index (κ1) is 18.4. The van der Waals surface area contributed by atoms with Crippen LogP contribution in [0.1, 0.15) is 41.5 Å². The lowest BCUT2D eigenvalue weighted by atomic mass is 10.0. The SMILES string of the molecule is Cc1nc(Nc2ccc(C(C)C)cc2)cc(Nc2cccc(C(=O)O)c2)n1. The molecule has 0 saturated carbocycles. The summed E-state index contributed by atoms with van der Waals surface area (Å²) in [6, 6.07) is 16.6. The highest BCUT2D eigenvalue weighted by atomic mass is 16.4. The van der Waals surface area contributed by atoms with Gasteiger partial charge in [0.15, 0.2) is 0 Å². The number of hydrogen-bond donors (Lipinski definition) is 3. The molecule has 0 amide bonds. The number of nitrogens with zero attached hydrogens (tertiary/aromatic N) is 2. The number of aromatic nitrogens is 2. The number of rotatable bonds is 6. The second-order valence-corrected chi connectivity index (χ2v) is 6.60. The first-order valence-electron chi connectivity index (χ1n) is 8.74. The fraction of sp³-hybridized carbons (Fsp3) is 0.190. The lowest BCUT2D eigenvalue weighted by Crippen LogP contribution is -2.02. The Morgan fingerprint density at radius 2 is 1.56 bits per heavy atom. The molecular weight excluding hydrogens is 340 g/mol. The molecule has 0 unspecified atom stereocenters. The van der Waals surface area contributed by atoms with E-state index in [2.05, 4.69) is 46.6 Å². The van der Waals surface area contributed by atoms with Crippen LogP contribution >= 0.6 is 0 Å². The second kappa shape index (κ2) is 7.86. The highest BCUT2D eigenvalue weighted by Gasteiger charge is 2.07. The first-order valence-corrected chi connectivity index (χ1v) is 8.74. The highest BCUT2D eigenvalue weighted by Crippen LogP contribution is 2.23. The summed E-state index contributed by atoms with van der Waals surface area (Å²) < 4.78 is 0. The van der Waals surface area contributed by atoms with Crippen molar-refractivity contribution in [3.05, 3.63) is 71.5 Å². The monoisotopic (exact) mass is 362 g/mol. The number of carboxylic acid groups (broad SMARTS) is 1. The summed E-state index contributed by atoms with van der Waals surface area (Å²) in [5, 5.41) is 15.5. The van der Waals surface area contributed by atoms with Crippen LogP contribution in [0.2, 0.25) is 0 Å². The van der Waals surface area contributed by atoms with E-state index in [9.17, 15) is 4.79 Å². The Kier molecular flexibility index (Phi) is 5.35. The Hall–Kier alpha value is -3.41. The molecule has 3 aromatic rings. The Morgan fingerprint density at radius 3 is 2.15 bits per heavy atom. The lowest BCUT2D eigenvalue weighted by Gasteiger charge is -2.12. The van der Waals surface area contributed by atoms with E-state index in [1.165, 1.54) is 5.56 Å². The molecular formula is C21H22N4O2. The van der Waals surface area contributed by atoms with Crippen molar-refractivity contribution in [2.24, 2.45) is 0 Å². The fourth-order valence-corrected chi connectivity index (χ4v) is 2.67. The van der Waals surface area contributed by atoms with Crippen LogP contribution in [0.4, 0.5) is 23.0 Å². The maximum Gasteiger partial charge on any atom is 0.335 e. The van der Waals surface area contributed by atoms with Gasteiger partial charge in [0.05, 0.1) is 5.56 Å². The zero-order chi connectivity index (χ0) is 19.4. The number of anilines is 4. The van der Waals surface area contributed by atoms with Crippen LogP contribution in [0.3, 0.4) is 0 Å². The summed E-state index contributed by atoms with van der Waals surface area (Å²) in [7, 11) is 0. The number of nitrogens with one attached hydrogen (secondary N) is 2. The third kappa shape index (κ3) is 4.82. The molecule has 0 saturated heterocycles. The van der Waals surface area contributed by atoms with Crippen molar-refractivity contribution < 1.29 is 9.90 Å². The van der Waals surface area contributed by atoms with Gasteiger partial charge in [0.25, 0.3) is 0 Å². The van der Waals surface area contributed by atoms with E-state index in [0.717, 1.165) is 5.69 Å². The smallest absolute Gasteiger partial charge is 0.335 e. The summed E-state index contributed by atoms with van der Waals surface area (Å²) in [5.41, 5.74) is 3.09. The second-order valence-electron chi connectivity index (χ2n) is 6.60. The Balaban J connectivity index is 1.80. The summed E-state index contributed by atoms with van der Waals surface area (Å²) >= 11 is 0. The molecule has 0 spiro atoms. The van der Waals surface area contributed by atoms with E-state index in [4.69, 9.17) is 5.11 Å². The van der Waals surface area contributed by atoms with Crippen LogP contribution in [0.25, 0.3) is 0 Å². The number of aryl methyl sites for hydroxylation is 1. The van der Waals surface area contributed by atoms with Gasteiger partial charge >= 0.3 is 5.97 Å². The molecule has 0 aliphatic rings. The molecule has 27 heavy (non-hydrogen) atoms. The molecule has 6 nitrogen and oxygen atoms in total. The van der Waals surface area contributed by atoms with E-state index in [0.29, 0.717) is 29.1 Å². The van der Waals surface area contributed by atoms with E-state index in [-0.39, 0.29) is 5.56 Å². The molecule has 0 radical (unpaired) electrons. The van der Waals surface area contributed by atoms with Crippen LogP contribution in [0.15, 0.2) is 54.6 Å². The van der Waals surface area contributed by atoms with Crippen molar-refractivity contribution in [3.8, 4) is 0 Å². The van der Waals surface area contributed by atoms with Gasteiger partial charge in [-0.05, 0) is 48.7 Å². The number of carbonyl (C=O) groups is 1. The van der Waals surface area contributed by atoms with Crippen LogP contribution in [-0.2, 0) is 0 Å². The van der Waals surface area contributed by atoms with E-state index in [1.807, 2.05) is 19.1 Å². The van der Waals surface area contributed by atoms with Gasteiger partial charge in [0, 0.05) is 17.4 Å². The molecule has 138 valence electrons. The average Bonchev–Trinajstić information content (AvgIpc) is 2.62. The maximum absolute atomic E-state index is 11.1. The van der Waals surface area contributed by atoms with Gasteiger partial charge in [0.2, 0.25) is 0 Å². The molecule has 3 N–H and O–H groups in total. The molecule has 1 aromatic heterocycles. The lowest BCUT2D eigenvalue weighted by molar-refractivity contribution is 0.0697. The zero-order valence-corrected chi connectivity index (χ0v) is 15.5. The topological polar surface area (TPSA) is 87.1 Å². The quantitative estimate of drug-likeness (QED) is 0.566. The van der Waals surface area contributed by atoms with Crippen LogP contribution in [0, 0.1) is 6.92 Å². The van der Waals surface area contributed by atoms with Gasteiger partial charge in [-0.3, -0.25) is 0 Å². The van der Waals surface area contributed by atoms with Gasteiger partial charge in [-0.15, -0.1) is 0 Å². The minimum absolute atomic E-state index is 0.217. The minimum atomic E-state index is -0.968. The molecule has 0 fully saturated rings. The average molecular weight is 362 g/mol. The van der Waals surface area contributed by atoms with Gasteiger partial charge in [-0.25, -0.2) is 14.8 Å². The third-order valence-electron chi connectivity index (χ3n) is 4.07. The van der Waals surface area contributed by atoms with Crippen molar-refractivity contribution in [1.29, 1.82) is 0 Å². The summed E-state index contributed by atoms with van der Waals surface area (Å²) in [6.45, 7) is 6.13. The van der Waals surface area contributed by atoms with Crippen molar-refractivity contribution in [1.82, 2.24) is 9.97 Å². The predicted octanol–water partition coefficient (Wildman–Crippen LogP) is 5.09. The highest BCUT2D eigenvalue weighted by molar-refractivity contribution is 5.89.